The number of pyridine rings is 2. The monoisotopic (exact) mass is 748 g/mol. The highest BCUT2D eigenvalue weighted by atomic mass is 16.3. The van der Waals surface area contributed by atoms with Gasteiger partial charge in [0, 0.05) is 22.9 Å². The number of hydrogen-bond acceptors (Lipinski definition) is 3. The Kier molecular flexibility index (Phi) is 9.73. The average Bonchev–Trinajstić information content (AvgIpc) is 3.26. The molecule has 0 saturated heterocycles. The molecule has 0 aliphatic rings. The summed E-state index contributed by atoms with van der Waals surface area (Å²) in [7, 11) is 0. The van der Waals surface area contributed by atoms with Crippen molar-refractivity contribution in [2.45, 2.75) is 32.6 Å². The van der Waals surface area contributed by atoms with Crippen molar-refractivity contribution in [3.05, 3.63) is 211 Å². The van der Waals surface area contributed by atoms with E-state index in [0.29, 0.717) is 11.3 Å². The molecule has 7 aromatic carbocycles. The van der Waals surface area contributed by atoms with Crippen LogP contribution in [-0.2, 0) is 11.8 Å². The summed E-state index contributed by atoms with van der Waals surface area (Å²) < 4.78 is 0. The summed E-state index contributed by atoms with van der Waals surface area (Å²) in [5.41, 5.74) is 15.1. The van der Waals surface area contributed by atoms with Crippen LogP contribution in [0.4, 0.5) is 0 Å². The van der Waals surface area contributed by atoms with Gasteiger partial charge >= 0.3 is 0 Å². The minimum Gasteiger partial charge on any atom is -0.507 e. The summed E-state index contributed by atoms with van der Waals surface area (Å²) in [5, 5.41) is 13.9. The lowest BCUT2D eigenvalue weighted by atomic mass is 9.86. The van der Waals surface area contributed by atoms with Crippen molar-refractivity contribution in [2.75, 3.05) is 0 Å². The van der Waals surface area contributed by atoms with Gasteiger partial charge in [-0.2, -0.15) is 0 Å². The lowest BCUT2D eigenvalue weighted by Gasteiger charge is -2.20. The van der Waals surface area contributed by atoms with Gasteiger partial charge in [-0.25, -0.2) is 4.98 Å². The van der Waals surface area contributed by atoms with Gasteiger partial charge in [0.05, 0.1) is 17.1 Å². The Morgan fingerprint density at radius 2 is 1.07 bits per heavy atom. The van der Waals surface area contributed by atoms with Crippen molar-refractivity contribution in [3.63, 3.8) is 0 Å². The molecule has 0 bridgehead atoms. The number of fused-ring (bicyclic) bond motifs is 1. The van der Waals surface area contributed by atoms with Gasteiger partial charge in [0.2, 0.25) is 0 Å². The second-order valence-corrected chi connectivity index (χ2v) is 16.1. The summed E-state index contributed by atoms with van der Waals surface area (Å²) in [6.07, 6.45) is 2.83. The molecule has 9 aromatic rings. The van der Waals surface area contributed by atoms with Crippen molar-refractivity contribution in [2.24, 2.45) is 0 Å². The summed E-state index contributed by atoms with van der Waals surface area (Å²) >= 11 is 0. The zero-order valence-corrected chi connectivity index (χ0v) is 33.0. The summed E-state index contributed by atoms with van der Waals surface area (Å²) in [6.45, 7) is 6.47. The van der Waals surface area contributed by atoms with Crippen LogP contribution in [-0.4, -0.2) is 15.1 Å². The third kappa shape index (κ3) is 7.55. The first-order chi connectivity index (χ1) is 28.3. The van der Waals surface area contributed by atoms with Gasteiger partial charge in [0.25, 0.3) is 0 Å². The molecule has 0 fully saturated rings. The lowest BCUT2D eigenvalue weighted by Crippen LogP contribution is -2.10. The Morgan fingerprint density at radius 1 is 0.448 bits per heavy atom. The van der Waals surface area contributed by atoms with Crippen molar-refractivity contribution < 1.29 is 5.11 Å². The number of phenols is 1. The summed E-state index contributed by atoms with van der Waals surface area (Å²) in [4.78, 5) is 10.5. The minimum absolute atomic E-state index is 0.109. The van der Waals surface area contributed by atoms with Gasteiger partial charge in [-0.15, -0.1) is 0 Å². The minimum atomic E-state index is -0.109. The summed E-state index contributed by atoms with van der Waals surface area (Å²) in [6, 6.07) is 65.8. The average molecular weight is 749 g/mol. The van der Waals surface area contributed by atoms with E-state index < -0.39 is 0 Å². The molecule has 0 atom stereocenters. The molecular weight excluding hydrogens is 705 g/mol. The molecule has 0 saturated carbocycles. The maximum atomic E-state index is 11.6. The number of rotatable bonds is 8. The normalized spacial score (nSPS) is 11.5. The van der Waals surface area contributed by atoms with Gasteiger partial charge in [-0.05, 0) is 121 Å². The van der Waals surface area contributed by atoms with Crippen molar-refractivity contribution in [3.8, 4) is 72.9 Å². The highest BCUT2D eigenvalue weighted by Gasteiger charge is 2.19. The predicted octanol–water partition coefficient (Wildman–Crippen LogP) is 14.2. The third-order valence-electron chi connectivity index (χ3n) is 11.0. The molecule has 0 aliphatic carbocycles. The van der Waals surface area contributed by atoms with Crippen LogP contribution in [0.25, 0.3) is 77.9 Å². The number of aromatic hydroxyl groups is 1. The molecule has 3 nitrogen and oxygen atoms in total. The molecule has 3 heteroatoms. The first-order valence-electron chi connectivity index (χ1n) is 19.9. The molecule has 2 heterocycles. The molecule has 0 aliphatic heterocycles. The van der Waals surface area contributed by atoms with Gasteiger partial charge in [0.1, 0.15) is 5.75 Å². The smallest absolute Gasteiger partial charge is 0.125 e. The zero-order chi connectivity index (χ0) is 39.6. The van der Waals surface area contributed by atoms with E-state index in [9.17, 15) is 5.11 Å². The molecule has 0 unspecified atom stereocenters. The van der Waals surface area contributed by atoms with E-state index in [0.717, 1.165) is 73.3 Å². The first-order valence-corrected chi connectivity index (χ1v) is 19.9. The van der Waals surface area contributed by atoms with Gasteiger partial charge in [-0.3, -0.25) is 4.98 Å². The third-order valence-corrected chi connectivity index (χ3v) is 11.0. The highest BCUT2D eigenvalue weighted by Crippen LogP contribution is 2.40. The van der Waals surface area contributed by atoms with Crippen molar-refractivity contribution in [1.82, 2.24) is 9.97 Å². The number of benzene rings is 7. The van der Waals surface area contributed by atoms with E-state index in [1.807, 2.05) is 24.4 Å². The van der Waals surface area contributed by atoms with Gasteiger partial charge in [0.15, 0.2) is 0 Å². The fraction of sp³-hybridized carbons (Fsp3) is 0.0909. The standard InChI is InChI=1S/C55H44N2O/c1-55(2,3)46-26-27-49(54(58)34-46)53-33-42(48-25-15-23-39-22-13-14-24-47(39)48)32-52(57-53)44-30-41(38-18-9-5-10-19-38)29-43(31-44)51-35-50(40-20-11-6-12-21-40)45(36-56-51)28-37-16-7-4-8-17-37/h4-27,29-36,58H,28H2,1-3H3. The van der Waals surface area contributed by atoms with Crippen LogP contribution < -0.4 is 0 Å². The van der Waals surface area contributed by atoms with E-state index in [-0.39, 0.29) is 11.2 Å². The molecule has 2 aromatic heterocycles. The van der Waals surface area contributed by atoms with E-state index >= 15 is 0 Å². The van der Waals surface area contributed by atoms with Gasteiger partial charge in [-0.1, -0.05) is 160 Å². The van der Waals surface area contributed by atoms with Crippen LogP contribution in [0.5, 0.6) is 5.75 Å². The van der Waals surface area contributed by atoms with Crippen LogP contribution >= 0.6 is 0 Å². The van der Waals surface area contributed by atoms with E-state index in [4.69, 9.17) is 9.97 Å². The van der Waals surface area contributed by atoms with Crippen molar-refractivity contribution >= 4 is 10.8 Å². The fourth-order valence-corrected chi connectivity index (χ4v) is 7.87. The molecule has 9 rings (SSSR count). The fourth-order valence-electron chi connectivity index (χ4n) is 7.87. The largest absolute Gasteiger partial charge is 0.507 e. The van der Waals surface area contributed by atoms with Crippen LogP contribution in [0, 0.1) is 0 Å². The Bertz CT molecular complexity index is 2890. The number of phenolic OH excluding ortho intramolecular Hbond substituents is 1. The topological polar surface area (TPSA) is 46.0 Å². The van der Waals surface area contributed by atoms with Crippen molar-refractivity contribution in [1.29, 1.82) is 0 Å². The van der Waals surface area contributed by atoms with Crippen LogP contribution in [0.15, 0.2) is 194 Å². The van der Waals surface area contributed by atoms with Crippen LogP contribution in [0.3, 0.4) is 0 Å². The number of nitrogens with zero attached hydrogens (tertiary/aromatic N) is 2. The Morgan fingerprint density at radius 3 is 1.79 bits per heavy atom. The first kappa shape index (κ1) is 36.5. The molecule has 1 N–H and O–H groups in total. The van der Waals surface area contributed by atoms with Crippen LogP contribution in [0.1, 0.15) is 37.5 Å². The summed E-state index contributed by atoms with van der Waals surface area (Å²) in [5.74, 6) is 0.216. The number of hydrogen-bond donors (Lipinski definition) is 1. The molecule has 0 amide bonds. The Labute approximate surface area is 341 Å². The second-order valence-electron chi connectivity index (χ2n) is 16.1. The van der Waals surface area contributed by atoms with Crippen LogP contribution in [0.2, 0.25) is 0 Å². The van der Waals surface area contributed by atoms with E-state index in [2.05, 4.69) is 191 Å². The quantitative estimate of drug-likeness (QED) is 0.168. The Hall–Kier alpha value is -7.10. The molecule has 58 heavy (non-hydrogen) atoms. The predicted molar refractivity (Wildman–Crippen MR) is 242 cm³/mol. The maximum absolute atomic E-state index is 11.6. The van der Waals surface area contributed by atoms with E-state index in [1.165, 1.54) is 16.5 Å². The van der Waals surface area contributed by atoms with E-state index in [1.54, 1.807) is 0 Å². The lowest BCUT2D eigenvalue weighted by molar-refractivity contribution is 0.473. The second kappa shape index (κ2) is 15.4. The molecule has 0 radical (unpaired) electrons. The number of aromatic nitrogens is 2. The highest BCUT2D eigenvalue weighted by molar-refractivity contribution is 5.98. The van der Waals surface area contributed by atoms with Gasteiger partial charge < -0.3 is 5.11 Å². The Balaban J connectivity index is 1.26. The molecule has 0 spiro atoms. The molecule has 280 valence electrons. The SMILES string of the molecule is CC(C)(C)c1ccc(-c2cc(-c3cccc4ccccc34)cc(-c3cc(-c4ccccc4)cc(-c4cc(-c5ccccc5)c(Cc5ccccc5)cn4)c3)n2)c(O)c1. The maximum Gasteiger partial charge on any atom is 0.125 e. The molecular formula is C55H44N2O. The zero-order valence-electron chi connectivity index (χ0n) is 33.0.